The lowest BCUT2D eigenvalue weighted by Crippen LogP contribution is -2.25. The van der Waals surface area contributed by atoms with Gasteiger partial charge in [-0.1, -0.05) is 12.1 Å². The maximum absolute atomic E-state index is 11.6. The Morgan fingerprint density at radius 1 is 1.29 bits per heavy atom. The zero-order chi connectivity index (χ0) is 15.1. The number of rotatable bonds is 6. The molecule has 1 aliphatic rings. The van der Waals surface area contributed by atoms with E-state index in [1.54, 1.807) is 7.11 Å². The maximum Gasteiger partial charge on any atom is 0.308 e. The molecule has 1 unspecified atom stereocenters. The molecule has 116 valence electrons. The first kappa shape index (κ1) is 15.8. The second-order valence-electron chi connectivity index (χ2n) is 4.97. The highest BCUT2D eigenvalue weighted by Crippen LogP contribution is 2.28. The van der Waals surface area contributed by atoms with Crippen LogP contribution in [-0.4, -0.2) is 33.1 Å². The van der Waals surface area contributed by atoms with Crippen molar-refractivity contribution in [1.29, 1.82) is 0 Å². The molecule has 0 spiro atoms. The van der Waals surface area contributed by atoms with Crippen molar-refractivity contribution in [3.8, 4) is 5.75 Å². The zero-order valence-corrected chi connectivity index (χ0v) is 12.5. The van der Waals surface area contributed by atoms with Crippen LogP contribution in [0.15, 0.2) is 24.3 Å². The van der Waals surface area contributed by atoms with Gasteiger partial charge < -0.3 is 18.9 Å². The lowest BCUT2D eigenvalue weighted by molar-refractivity contribution is -0.194. The van der Waals surface area contributed by atoms with Crippen LogP contribution in [-0.2, 0) is 19.0 Å². The van der Waals surface area contributed by atoms with Crippen molar-refractivity contribution in [2.45, 2.75) is 38.1 Å². The molecule has 1 aromatic rings. The summed E-state index contributed by atoms with van der Waals surface area (Å²) in [6, 6.07) is 7.50. The van der Waals surface area contributed by atoms with Crippen molar-refractivity contribution in [1.82, 2.24) is 0 Å². The van der Waals surface area contributed by atoms with E-state index < -0.39 is 0 Å². The average molecular weight is 294 g/mol. The Balaban J connectivity index is 2.07. The van der Waals surface area contributed by atoms with Gasteiger partial charge in [0.15, 0.2) is 6.29 Å². The van der Waals surface area contributed by atoms with Gasteiger partial charge in [-0.15, -0.1) is 0 Å². The Hall–Kier alpha value is -1.59. The molecule has 0 radical (unpaired) electrons. The molecule has 0 saturated carbocycles. The van der Waals surface area contributed by atoms with Gasteiger partial charge >= 0.3 is 5.97 Å². The van der Waals surface area contributed by atoms with Crippen LogP contribution in [0, 0.1) is 0 Å². The average Bonchev–Trinajstić information content (AvgIpc) is 2.55. The van der Waals surface area contributed by atoms with Gasteiger partial charge in [0.05, 0.1) is 26.7 Å². The van der Waals surface area contributed by atoms with Gasteiger partial charge in [0.25, 0.3) is 0 Å². The van der Waals surface area contributed by atoms with Crippen LogP contribution in [0.5, 0.6) is 5.75 Å². The summed E-state index contributed by atoms with van der Waals surface area (Å²) in [5.41, 5.74) is 0.912. The molecular formula is C16H22O5. The molecule has 1 saturated heterocycles. The molecular weight excluding hydrogens is 272 g/mol. The SMILES string of the molecule is COC(=O)C[C@H](OC1CCCCO1)c1ccc(OC)cc1. The Labute approximate surface area is 125 Å². The molecule has 1 aromatic carbocycles. The third kappa shape index (κ3) is 4.72. The summed E-state index contributed by atoms with van der Waals surface area (Å²) in [6.07, 6.45) is 2.54. The van der Waals surface area contributed by atoms with Crippen LogP contribution in [0.2, 0.25) is 0 Å². The minimum Gasteiger partial charge on any atom is -0.497 e. The zero-order valence-electron chi connectivity index (χ0n) is 12.5. The van der Waals surface area contributed by atoms with Gasteiger partial charge in [-0.2, -0.15) is 0 Å². The summed E-state index contributed by atoms with van der Waals surface area (Å²) in [4.78, 5) is 11.6. The number of methoxy groups -OCH3 is 2. The second kappa shape index (κ2) is 8.00. The number of hydrogen-bond acceptors (Lipinski definition) is 5. The minimum absolute atomic E-state index is 0.169. The monoisotopic (exact) mass is 294 g/mol. The number of benzene rings is 1. The second-order valence-corrected chi connectivity index (χ2v) is 4.97. The number of esters is 1. The van der Waals surface area contributed by atoms with Gasteiger partial charge in [-0.3, -0.25) is 4.79 Å². The van der Waals surface area contributed by atoms with E-state index in [1.165, 1.54) is 7.11 Å². The Bertz CT molecular complexity index is 436. The van der Waals surface area contributed by atoms with Gasteiger partial charge in [-0.05, 0) is 37.0 Å². The van der Waals surface area contributed by atoms with E-state index in [9.17, 15) is 4.79 Å². The van der Waals surface area contributed by atoms with Crippen molar-refractivity contribution in [2.24, 2.45) is 0 Å². The standard InChI is InChI=1S/C16H22O5/c1-18-13-8-6-12(7-9-13)14(11-15(17)19-2)21-16-5-3-4-10-20-16/h6-9,14,16H,3-5,10-11H2,1-2H3/t14-,16?/m0/s1. The summed E-state index contributed by atoms with van der Waals surface area (Å²) < 4.78 is 21.4. The summed E-state index contributed by atoms with van der Waals surface area (Å²) >= 11 is 0. The van der Waals surface area contributed by atoms with Crippen molar-refractivity contribution in [2.75, 3.05) is 20.8 Å². The summed E-state index contributed by atoms with van der Waals surface area (Å²) in [5, 5.41) is 0. The van der Waals surface area contributed by atoms with Gasteiger partial charge in [0.2, 0.25) is 0 Å². The molecule has 21 heavy (non-hydrogen) atoms. The molecule has 1 aliphatic heterocycles. The van der Waals surface area contributed by atoms with Crippen LogP contribution in [0.4, 0.5) is 0 Å². The normalized spacial score (nSPS) is 19.8. The smallest absolute Gasteiger partial charge is 0.308 e. The highest BCUT2D eigenvalue weighted by molar-refractivity contribution is 5.70. The van der Waals surface area contributed by atoms with Gasteiger partial charge in [0, 0.05) is 6.61 Å². The summed E-state index contributed by atoms with van der Waals surface area (Å²) in [6.45, 7) is 0.707. The van der Waals surface area contributed by atoms with Crippen LogP contribution < -0.4 is 4.74 Å². The van der Waals surface area contributed by atoms with E-state index in [2.05, 4.69) is 0 Å². The van der Waals surface area contributed by atoms with Crippen LogP contribution >= 0.6 is 0 Å². The van der Waals surface area contributed by atoms with E-state index >= 15 is 0 Å². The van der Waals surface area contributed by atoms with Crippen molar-refractivity contribution in [3.05, 3.63) is 29.8 Å². The third-order valence-corrected chi connectivity index (χ3v) is 3.52. The van der Waals surface area contributed by atoms with Gasteiger partial charge in [-0.25, -0.2) is 0 Å². The molecule has 0 aromatic heterocycles. The van der Waals surface area contributed by atoms with E-state index in [0.717, 1.165) is 30.6 Å². The van der Waals surface area contributed by atoms with Crippen molar-refractivity contribution in [3.63, 3.8) is 0 Å². The molecule has 5 nitrogen and oxygen atoms in total. The fraction of sp³-hybridized carbons (Fsp3) is 0.562. The topological polar surface area (TPSA) is 54.0 Å². The third-order valence-electron chi connectivity index (χ3n) is 3.52. The van der Waals surface area contributed by atoms with Crippen LogP contribution in [0.3, 0.4) is 0 Å². The number of ether oxygens (including phenoxy) is 4. The molecule has 2 rings (SSSR count). The molecule has 0 aliphatic carbocycles. The lowest BCUT2D eigenvalue weighted by Gasteiger charge is -2.27. The number of carbonyl (C=O) groups is 1. The minimum atomic E-state index is -0.369. The van der Waals surface area contributed by atoms with Crippen LogP contribution in [0.25, 0.3) is 0 Å². The first-order valence-electron chi connectivity index (χ1n) is 7.20. The largest absolute Gasteiger partial charge is 0.497 e. The number of hydrogen-bond donors (Lipinski definition) is 0. The molecule has 1 heterocycles. The highest BCUT2D eigenvalue weighted by atomic mass is 16.7. The molecule has 0 amide bonds. The van der Waals surface area contributed by atoms with E-state index in [4.69, 9.17) is 18.9 Å². The predicted molar refractivity (Wildman–Crippen MR) is 77.0 cm³/mol. The van der Waals surface area contributed by atoms with Crippen LogP contribution in [0.1, 0.15) is 37.4 Å². The van der Waals surface area contributed by atoms with Gasteiger partial charge in [0.1, 0.15) is 5.75 Å². The molecule has 2 atom stereocenters. The van der Waals surface area contributed by atoms with Crippen molar-refractivity contribution < 1.29 is 23.7 Å². The van der Waals surface area contributed by atoms with Crippen molar-refractivity contribution >= 4 is 5.97 Å². The highest BCUT2D eigenvalue weighted by Gasteiger charge is 2.23. The van der Waals surface area contributed by atoms with E-state index in [1.807, 2.05) is 24.3 Å². The predicted octanol–water partition coefficient (Wildman–Crippen LogP) is 2.84. The molecule has 5 heteroatoms. The summed E-state index contributed by atoms with van der Waals surface area (Å²) in [7, 11) is 3.00. The van der Waals surface area contributed by atoms with E-state index in [0.29, 0.717) is 6.61 Å². The lowest BCUT2D eigenvalue weighted by atomic mass is 10.1. The Morgan fingerprint density at radius 2 is 2.05 bits per heavy atom. The molecule has 0 bridgehead atoms. The Morgan fingerprint density at radius 3 is 2.62 bits per heavy atom. The first-order valence-corrected chi connectivity index (χ1v) is 7.20. The van der Waals surface area contributed by atoms with E-state index in [-0.39, 0.29) is 24.8 Å². The maximum atomic E-state index is 11.6. The Kier molecular flexibility index (Phi) is 6.02. The number of carbonyl (C=O) groups excluding carboxylic acids is 1. The fourth-order valence-corrected chi connectivity index (χ4v) is 2.30. The summed E-state index contributed by atoms with van der Waals surface area (Å²) in [5.74, 6) is 0.469. The molecule has 0 N–H and O–H groups in total. The quantitative estimate of drug-likeness (QED) is 0.755. The fourth-order valence-electron chi connectivity index (χ4n) is 2.30. The first-order chi connectivity index (χ1) is 10.2. The molecule has 1 fully saturated rings.